The quantitative estimate of drug-likeness (QED) is 0.441. The van der Waals surface area contributed by atoms with Gasteiger partial charge in [-0.25, -0.2) is 14.2 Å². The van der Waals surface area contributed by atoms with Crippen LogP contribution in [0.3, 0.4) is 0 Å². The van der Waals surface area contributed by atoms with Crippen LogP contribution in [-0.4, -0.2) is 60.6 Å². The number of rotatable bonds is 5. The minimum atomic E-state index is -1.96. The van der Waals surface area contributed by atoms with Crippen molar-refractivity contribution >= 4 is 17.4 Å². The van der Waals surface area contributed by atoms with Gasteiger partial charge in [0.2, 0.25) is 0 Å². The van der Waals surface area contributed by atoms with Gasteiger partial charge in [-0.15, -0.1) is 0 Å². The van der Waals surface area contributed by atoms with Crippen molar-refractivity contribution in [3.8, 4) is 0 Å². The first-order chi connectivity index (χ1) is 13.3. The van der Waals surface area contributed by atoms with Crippen molar-refractivity contribution in [3.63, 3.8) is 0 Å². The summed E-state index contributed by atoms with van der Waals surface area (Å²) in [5.41, 5.74) is -1.40. The van der Waals surface area contributed by atoms with Crippen molar-refractivity contribution in [3.05, 3.63) is 56.9 Å². The SMILES string of the molecule is O=C(Nc1ccn([C@H]2O[C@H](CO)[C@@H](O)[C@H]2F)c(=O)n1)c1ccc([N+](=O)[O-])cn1. The maximum absolute atomic E-state index is 14.1. The number of nitro groups is 1. The first-order valence-corrected chi connectivity index (χ1v) is 7.91. The topological polar surface area (TPSA) is 170 Å². The van der Waals surface area contributed by atoms with Crippen LogP contribution in [0.1, 0.15) is 16.7 Å². The molecule has 28 heavy (non-hydrogen) atoms. The van der Waals surface area contributed by atoms with E-state index >= 15 is 0 Å². The lowest BCUT2D eigenvalue weighted by atomic mass is 10.1. The first kappa shape index (κ1) is 19.5. The normalized spacial score (nSPS) is 24.1. The molecule has 0 spiro atoms. The number of anilines is 1. The molecule has 3 N–H and O–H groups in total. The lowest BCUT2D eigenvalue weighted by molar-refractivity contribution is -0.385. The van der Waals surface area contributed by atoms with E-state index in [2.05, 4.69) is 15.3 Å². The minimum Gasteiger partial charge on any atom is -0.394 e. The predicted octanol–water partition coefficient (Wildman–Crippen LogP) is -0.612. The summed E-state index contributed by atoms with van der Waals surface area (Å²) in [7, 11) is 0. The molecule has 1 aliphatic heterocycles. The smallest absolute Gasteiger partial charge is 0.351 e. The molecular weight excluding hydrogens is 381 g/mol. The maximum atomic E-state index is 14.1. The minimum absolute atomic E-state index is 0.145. The molecule has 0 bridgehead atoms. The standard InChI is InChI=1S/C15H14FN5O7/c16-11-12(23)9(6-22)28-14(11)20-4-3-10(19-15(20)25)18-13(24)8-2-1-7(5-17-8)21(26)27/h1-5,9,11-12,14,22-23H,6H2,(H,18,19,24,25)/t9-,11-,12-,14+/m1/s1. The molecule has 148 valence electrons. The summed E-state index contributed by atoms with van der Waals surface area (Å²) in [5.74, 6) is -0.935. The number of nitrogens with zero attached hydrogens (tertiary/aromatic N) is 4. The molecule has 0 saturated carbocycles. The van der Waals surface area contributed by atoms with Crippen molar-refractivity contribution in [2.24, 2.45) is 0 Å². The fourth-order valence-corrected chi connectivity index (χ4v) is 2.56. The van der Waals surface area contributed by atoms with E-state index in [1.165, 1.54) is 6.07 Å². The Hall–Kier alpha value is -3.29. The van der Waals surface area contributed by atoms with Crippen LogP contribution in [0.4, 0.5) is 15.9 Å². The maximum Gasteiger partial charge on any atom is 0.351 e. The summed E-state index contributed by atoms with van der Waals surface area (Å²) in [6.45, 7) is -0.628. The van der Waals surface area contributed by atoms with Gasteiger partial charge in [0, 0.05) is 12.3 Å². The molecule has 0 unspecified atom stereocenters. The average molecular weight is 395 g/mol. The number of pyridine rings is 1. The molecule has 3 rings (SSSR count). The summed E-state index contributed by atoms with van der Waals surface area (Å²) in [6.07, 6.45) is -4.21. The molecule has 0 aromatic carbocycles. The Morgan fingerprint density at radius 1 is 1.43 bits per heavy atom. The van der Waals surface area contributed by atoms with Gasteiger partial charge >= 0.3 is 5.69 Å². The van der Waals surface area contributed by atoms with E-state index in [4.69, 9.17) is 9.84 Å². The van der Waals surface area contributed by atoms with Crippen LogP contribution in [0, 0.1) is 10.1 Å². The van der Waals surface area contributed by atoms with E-state index in [-0.39, 0.29) is 17.2 Å². The van der Waals surface area contributed by atoms with Gasteiger partial charge in [0.05, 0.1) is 11.5 Å². The second-order valence-electron chi connectivity index (χ2n) is 5.80. The molecule has 0 aliphatic carbocycles. The van der Waals surface area contributed by atoms with Crippen LogP contribution >= 0.6 is 0 Å². The molecule has 3 heterocycles. The molecular formula is C15H14FN5O7. The van der Waals surface area contributed by atoms with Gasteiger partial charge in [-0.05, 0) is 12.1 Å². The molecule has 12 nitrogen and oxygen atoms in total. The van der Waals surface area contributed by atoms with E-state index in [1.54, 1.807) is 0 Å². The van der Waals surface area contributed by atoms with Crippen LogP contribution in [0.15, 0.2) is 35.4 Å². The highest BCUT2D eigenvalue weighted by Crippen LogP contribution is 2.30. The number of carbonyl (C=O) groups is 1. The number of ether oxygens (including phenoxy) is 1. The van der Waals surface area contributed by atoms with E-state index in [9.17, 15) is 29.2 Å². The van der Waals surface area contributed by atoms with Crippen LogP contribution in [-0.2, 0) is 4.74 Å². The molecule has 1 amide bonds. The van der Waals surface area contributed by atoms with Gasteiger partial charge in [-0.3, -0.25) is 19.5 Å². The number of aliphatic hydroxyl groups is 2. The van der Waals surface area contributed by atoms with Gasteiger partial charge in [-0.1, -0.05) is 0 Å². The Kier molecular flexibility index (Phi) is 5.39. The average Bonchev–Trinajstić information content (AvgIpc) is 2.96. The third-order valence-corrected chi connectivity index (χ3v) is 4.01. The number of alkyl halides is 1. The second kappa shape index (κ2) is 7.75. The van der Waals surface area contributed by atoms with Crippen LogP contribution in [0.5, 0.6) is 0 Å². The number of aliphatic hydroxyl groups excluding tert-OH is 2. The molecule has 0 radical (unpaired) electrons. The van der Waals surface area contributed by atoms with Crippen molar-refractivity contribution in [1.29, 1.82) is 0 Å². The number of carbonyl (C=O) groups excluding carboxylic acids is 1. The Morgan fingerprint density at radius 2 is 2.18 bits per heavy atom. The van der Waals surface area contributed by atoms with E-state index in [0.29, 0.717) is 0 Å². The lowest BCUT2D eigenvalue weighted by Gasteiger charge is -2.16. The summed E-state index contributed by atoms with van der Waals surface area (Å²) in [6, 6.07) is 3.42. The van der Waals surface area contributed by atoms with Crippen molar-refractivity contribution in [2.45, 2.75) is 24.6 Å². The molecule has 1 saturated heterocycles. The third-order valence-electron chi connectivity index (χ3n) is 4.01. The molecule has 1 aliphatic rings. The molecule has 2 aromatic rings. The zero-order valence-electron chi connectivity index (χ0n) is 14.0. The fourth-order valence-electron chi connectivity index (χ4n) is 2.56. The van der Waals surface area contributed by atoms with Crippen LogP contribution < -0.4 is 11.0 Å². The largest absolute Gasteiger partial charge is 0.394 e. The predicted molar refractivity (Wildman–Crippen MR) is 89.2 cm³/mol. The Balaban J connectivity index is 1.75. The van der Waals surface area contributed by atoms with Gasteiger partial charge in [0.1, 0.15) is 29.9 Å². The van der Waals surface area contributed by atoms with Crippen molar-refractivity contribution in [1.82, 2.24) is 14.5 Å². The number of nitrogens with one attached hydrogen (secondary N) is 1. The molecule has 4 atom stereocenters. The lowest BCUT2D eigenvalue weighted by Crippen LogP contribution is -2.33. The Morgan fingerprint density at radius 3 is 2.71 bits per heavy atom. The highest BCUT2D eigenvalue weighted by atomic mass is 19.1. The number of halogens is 1. The zero-order chi connectivity index (χ0) is 20.4. The third kappa shape index (κ3) is 3.71. The summed E-state index contributed by atoms with van der Waals surface area (Å²) in [5, 5.41) is 31.5. The highest BCUT2D eigenvalue weighted by Gasteiger charge is 2.45. The van der Waals surface area contributed by atoms with Crippen molar-refractivity contribution < 1.29 is 29.1 Å². The van der Waals surface area contributed by atoms with Gasteiger partial charge < -0.3 is 20.3 Å². The Labute approximate surface area is 155 Å². The van der Waals surface area contributed by atoms with E-state index in [0.717, 1.165) is 29.1 Å². The van der Waals surface area contributed by atoms with Gasteiger partial charge in [-0.2, -0.15) is 4.98 Å². The summed E-state index contributed by atoms with van der Waals surface area (Å²) >= 11 is 0. The number of amides is 1. The zero-order valence-corrected chi connectivity index (χ0v) is 14.0. The number of aromatic nitrogens is 3. The molecule has 2 aromatic heterocycles. The highest BCUT2D eigenvalue weighted by molar-refractivity contribution is 6.02. The molecule has 13 heteroatoms. The Bertz CT molecular complexity index is 951. The fraction of sp³-hybridized carbons (Fsp3) is 0.333. The first-order valence-electron chi connectivity index (χ1n) is 7.91. The molecule has 1 fully saturated rings. The van der Waals surface area contributed by atoms with Crippen LogP contribution in [0.25, 0.3) is 0 Å². The van der Waals surface area contributed by atoms with Gasteiger partial charge in [0.15, 0.2) is 12.4 Å². The number of hydrogen-bond donors (Lipinski definition) is 3. The second-order valence-corrected chi connectivity index (χ2v) is 5.80. The summed E-state index contributed by atoms with van der Waals surface area (Å²) < 4.78 is 20.0. The monoisotopic (exact) mass is 395 g/mol. The van der Waals surface area contributed by atoms with Gasteiger partial charge in [0.25, 0.3) is 11.6 Å². The van der Waals surface area contributed by atoms with Crippen molar-refractivity contribution in [2.75, 3.05) is 11.9 Å². The summed E-state index contributed by atoms with van der Waals surface area (Å²) in [4.78, 5) is 41.4. The van der Waals surface area contributed by atoms with Crippen LogP contribution in [0.2, 0.25) is 0 Å². The van der Waals surface area contributed by atoms with E-state index < -0.39 is 47.7 Å². The van der Waals surface area contributed by atoms with E-state index in [1.807, 2.05) is 0 Å². The number of hydrogen-bond acceptors (Lipinski definition) is 9.